The number of thiocarbonyl (C=S) groups is 1. The molecule has 3 rings (SSSR count). The highest BCUT2D eigenvalue weighted by Gasteiger charge is 2.22. The van der Waals surface area contributed by atoms with Crippen LogP contribution in [-0.4, -0.2) is 23.3 Å². The molecule has 1 saturated heterocycles. The lowest BCUT2D eigenvalue weighted by atomic mass is 10.2. The summed E-state index contributed by atoms with van der Waals surface area (Å²) in [6.07, 6.45) is 1.67. The highest BCUT2D eigenvalue weighted by atomic mass is 35.5. The molecular formula is C18H12ClNO4S2. The van der Waals surface area contributed by atoms with Crippen molar-refractivity contribution in [2.75, 3.05) is 7.11 Å². The molecule has 0 saturated carbocycles. The summed E-state index contributed by atoms with van der Waals surface area (Å²) < 4.78 is 10.8. The van der Waals surface area contributed by atoms with Crippen LogP contribution in [0.5, 0.6) is 11.5 Å². The molecule has 0 bridgehead atoms. The molecule has 26 heavy (non-hydrogen) atoms. The fourth-order valence-corrected chi connectivity index (χ4v) is 3.42. The number of carbonyl (C=O) groups is 2. The Morgan fingerprint density at radius 1 is 1.23 bits per heavy atom. The fraction of sp³-hybridized carbons (Fsp3) is 0.0556. The lowest BCUT2D eigenvalue weighted by Gasteiger charge is -2.08. The molecule has 1 N–H and O–H groups in total. The summed E-state index contributed by atoms with van der Waals surface area (Å²) in [5.74, 6) is 0.0989. The Morgan fingerprint density at radius 2 is 1.96 bits per heavy atom. The van der Waals surface area contributed by atoms with E-state index >= 15 is 0 Å². The molecule has 0 aliphatic carbocycles. The van der Waals surface area contributed by atoms with Crippen LogP contribution in [0.25, 0.3) is 6.08 Å². The van der Waals surface area contributed by atoms with Crippen LogP contribution in [0.1, 0.15) is 15.9 Å². The van der Waals surface area contributed by atoms with E-state index in [1.54, 1.807) is 55.7 Å². The second kappa shape index (κ2) is 7.90. The van der Waals surface area contributed by atoms with Crippen molar-refractivity contribution >= 4 is 57.9 Å². The number of halogens is 1. The van der Waals surface area contributed by atoms with Gasteiger partial charge in [-0.25, -0.2) is 4.79 Å². The van der Waals surface area contributed by atoms with E-state index in [0.717, 1.165) is 0 Å². The first-order valence-electron chi connectivity index (χ1n) is 7.37. The third kappa shape index (κ3) is 4.24. The molecule has 0 atom stereocenters. The maximum Gasteiger partial charge on any atom is 0.343 e. The number of benzene rings is 2. The molecule has 132 valence electrons. The van der Waals surface area contributed by atoms with Gasteiger partial charge in [0.2, 0.25) is 0 Å². The lowest BCUT2D eigenvalue weighted by molar-refractivity contribution is -0.115. The molecule has 1 fully saturated rings. The topological polar surface area (TPSA) is 64.6 Å². The Hall–Kier alpha value is -2.35. The van der Waals surface area contributed by atoms with Gasteiger partial charge in [-0.1, -0.05) is 41.6 Å². The van der Waals surface area contributed by atoms with Gasteiger partial charge in [0.15, 0.2) is 0 Å². The van der Waals surface area contributed by atoms with E-state index in [4.69, 9.17) is 33.3 Å². The van der Waals surface area contributed by atoms with E-state index in [9.17, 15) is 9.59 Å². The first-order valence-corrected chi connectivity index (χ1v) is 8.97. The number of amides is 1. The minimum atomic E-state index is -0.531. The van der Waals surface area contributed by atoms with Crippen LogP contribution < -0.4 is 14.8 Å². The zero-order valence-electron chi connectivity index (χ0n) is 13.4. The summed E-state index contributed by atoms with van der Waals surface area (Å²) in [4.78, 5) is 24.4. The predicted octanol–water partition coefficient (Wildman–Crippen LogP) is 4.06. The van der Waals surface area contributed by atoms with Gasteiger partial charge < -0.3 is 14.8 Å². The van der Waals surface area contributed by atoms with Gasteiger partial charge in [-0.05, 0) is 48.0 Å². The van der Waals surface area contributed by atoms with Crippen molar-refractivity contribution in [3.05, 3.63) is 63.5 Å². The third-order valence-electron chi connectivity index (χ3n) is 3.42. The largest absolute Gasteiger partial charge is 0.497 e. The normalized spacial score (nSPS) is 15.1. The predicted molar refractivity (Wildman–Crippen MR) is 106 cm³/mol. The van der Waals surface area contributed by atoms with Crippen molar-refractivity contribution in [2.45, 2.75) is 0 Å². The van der Waals surface area contributed by atoms with Gasteiger partial charge in [0.1, 0.15) is 15.8 Å². The average Bonchev–Trinajstić information content (AvgIpc) is 2.94. The molecule has 0 aromatic heterocycles. The fourth-order valence-electron chi connectivity index (χ4n) is 2.15. The SMILES string of the molecule is COc1ccc(C(=O)Oc2ccc(C=C3SC(=S)NC3=O)cc2Cl)cc1. The van der Waals surface area contributed by atoms with Crippen LogP contribution in [0.3, 0.4) is 0 Å². The maximum absolute atomic E-state index is 12.2. The molecule has 5 nitrogen and oxygen atoms in total. The molecular weight excluding hydrogens is 394 g/mol. The minimum absolute atomic E-state index is 0.230. The van der Waals surface area contributed by atoms with E-state index < -0.39 is 5.97 Å². The van der Waals surface area contributed by atoms with Crippen molar-refractivity contribution in [1.82, 2.24) is 5.32 Å². The maximum atomic E-state index is 12.2. The Labute approximate surface area is 164 Å². The summed E-state index contributed by atoms with van der Waals surface area (Å²) in [5, 5.41) is 2.80. The number of hydrogen-bond acceptors (Lipinski definition) is 6. The standard InChI is InChI=1S/C18H12ClNO4S2/c1-23-12-5-3-11(4-6-12)17(22)24-14-7-2-10(8-13(14)19)9-15-16(21)20-18(25)26-15/h2-9H,1H3,(H,20,21,25). The van der Waals surface area contributed by atoms with Gasteiger partial charge in [-0.15, -0.1) is 0 Å². The van der Waals surface area contributed by atoms with Gasteiger partial charge in [0.05, 0.1) is 22.6 Å². The number of ether oxygens (including phenoxy) is 2. The monoisotopic (exact) mass is 405 g/mol. The zero-order valence-corrected chi connectivity index (χ0v) is 15.8. The van der Waals surface area contributed by atoms with Gasteiger partial charge in [0, 0.05) is 0 Å². The van der Waals surface area contributed by atoms with Crippen LogP contribution in [0, 0.1) is 0 Å². The van der Waals surface area contributed by atoms with Gasteiger partial charge >= 0.3 is 5.97 Å². The zero-order chi connectivity index (χ0) is 18.7. The molecule has 8 heteroatoms. The minimum Gasteiger partial charge on any atom is -0.497 e. The van der Waals surface area contributed by atoms with Crippen molar-refractivity contribution in [3.63, 3.8) is 0 Å². The Bertz CT molecular complexity index is 925. The second-order valence-corrected chi connectivity index (χ2v) is 7.29. The van der Waals surface area contributed by atoms with Gasteiger partial charge in [-0.3, -0.25) is 4.79 Å². The molecule has 0 unspecified atom stereocenters. The molecule has 1 aliphatic heterocycles. The molecule has 1 aliphatic rings. The van der Waals surface area contributed by atoms with Crippen LogP contribution in [0.4, 0.5) is 0 Å². The smallest absolute Gasteiger partial charge is 0.343 e. The Kier molecular flexibility index (Phi) is 5.61. The lowest BCUT2D eigenvalue weighted by Crippen LogP contribution is -2.17. The van der Waals surface area contributed by atoms with Crippen molar-refractivity contribution < 1.29 is 19.1 Å². The van der Waals surface area contributed by atoms with E-state index in [1.165, 1.54) is 11.8 Å². The Balaban J connectivity index is 1.75. The quantitative estimate of drug-likeness (QED) is 0.358. The third-order valence-corrected chi connectivity index (χ3v) is 4.88. The summed E-state index contributed by atoms with van der Waals surface area (Å²) in [7, 11) is 1.55. The van der Waals surface area contributed by atoms with Crippen LogP contribution in [0.2, 0.25) is 5.02 Å². The van der Waals surface area contributed by atoms with Crippen LogP contribution >= 0.6 is 35.6 Å². The van der Waals surface area contributed by atoms with E-state index in [-0.39, 0.29) is 16.7 Å². The Morgan fingerprint density at radius 3 is 2.54 bits per heavy atom. The molecule has 1 amide bonds. The van der Waals surface area contributed by atoms with E-state index in [1.807, 2.05) is 0 Å². The second-order valence-electron chi connectivity index (χ2n) is 5.16. The van der Waals surface area contributed by atoms with E-state index in [2.05, 4.69) is 5.32 Å². The summed E-state index contributed by atoms with van der Waals surface area (Å²) in [6, 6.07) is 11.4. The highest BCUT2D eigenvalue weighted by Crippen LogP contribution is 2.30. The first-order chi connectivity index (χ1) is 12.5. The molecule has 0 radical (unpaired) electrons. The van der Waals surface area contributed by atoms with Gasteiger partial charge in [-0.2, -0.15) is 0 Å². The van der Waals surface area contributed by atoms with Crippen molar-refractivity contribution in [2.24, 2.45) is 0 Å². The average molecular weight is 406 g/mol. The first kappa shape index (κ1) is 18.4. The number of methoxy groups -OCH3 is 1. The summed E-state index contributed by atoms with van der Waals surface area (Å²) in [5.41, 5.74) is 1.07. The van der Waals surface area contributed by atoms with Crippen LogP contribution in [0.15, 0.2) is 47.4 Å². The van der Waals surface area contributed by atoms with Crippen molar-refractivity contribution in [1.29, 1.82) is 0 Å². The summed E-state index contributed by atoms with van der Waals surface area (Å²) in [6.45, 7) is 0. The number of thioether (sulfide) groups is 1. The van der Waals surface area contributed by atoms with E-state index in [0.29, 0.717) is 26.1 Å². The highest BCUT2D eigenvalue weighted by molar-refractivity contribution is 8.26. The number of carbonyl (C=O) groups excluding carboxylic acids is 2. The molecule has 2 aromatic rings. The number of rotatable bonds is 4. The van der Waals surface area contributed by atoms with Gasteiger partial charge in [0.25, 0.3) is 5.91 Å². The molecule has 2 aromatic carbocycles. The number of hydrogen-bond donors (Lipinski definition) is 1. The summed E-state index contributed by atoms with van der Waals surface area (Å²) >= 11 is 12.3. The molecule has 1 heterocycles. The molecule has 0 spiro atoms. The van der Waals surface area contributed by atoms with Crippen molar-refractivity contribution in [3.8, 4) is 11.5 Å². The number of esters is 1. The number of nitrogens with one attached hydrogen (secondary N) is 1. The van der Waals surface area contributed by atoms with Crippen LogP contribution in [-0.2, 0) is 4.79 Å².